The Morgan fingerprint density at radius 3 is 2.36 bits per heavy atom. The van der Waals surface area contributed by atoms with Crippen LogP contribution in [0, 0.1) is 11.6 Å². The predicted molar refractivity (Wildman–Crippen MR) is 102 cm³/mol. The van der Waals surface area contributed by atoms with E-state index in [4.69, 9.17) is 11.6 Å². The largest absolute Gasteiger partial charge is 0.325 e. The van der Waals surface area contributed by atoms with Crippen LogP contribution in [0.4, 0.5) is 14.5 Å². The standard InChI is InChI=1S/C18H18ClF2N3O3S/c19-14-3-1-2-4-17(14)28(26,27)24-9-7-23(8-10-24)12-18(25)22-13-5-6-15(20)16(21)11-13/h1-6,11H,7-10,12H2,(H,22,25). The van der Waals surface area contributed by atoms with Gasteiger partial charge < -0.3 is 5.32 Å². The Balaban J connectivity index is 1.56. The Bertz CT molecular complexity index is 980. The Morgan fingerprint density at radius 2 is 1.71 bits per heavy atom. The second kappa shape index (κ2) is 8.52. The lowest BCUT2D eigenvalue weighted by atomic mass is 10.3. The van der Waals surface area contributed by atoms with E-state index in [9.17, 15) is 22.0 Å². The highest BCUT2D eigenvalue weighted by molar-refractivity contribution is 7.89. The number of hydrogen-bond acceptors (Lipinski definition) is 4. The highest BCUT2D eigenvalue weighted by Gasteiger charge is 2.30. The third kappa shape index (κ3) is 4.67. The van der Waals surface area contributed by atoms with E-state index in [1.54, 1.807) is 17.0 Å². The first kappa shape index (κ1) is 20.7. The zero-order valence-corrected chi connectivity index (χ0v) is 16.3. The van der Waals surface area contributed by atoms with Gasteiger partial charge >= 0.3 is 0 Å². The topological polar surface area (TPSA) is 69.7 Å². The van der Waals surface area contributed by atoms with Gasteiger partial charge in [0.1, 0.15) is 4.90 Å². The molecule has 1 amide bonds. The molecule has 1 N–H and O–H groups in total. The van der Waals surface area contributed by atoms with Crippen molar-refractivity contribution in [2.24, 2.45) is 0 Å². The fourth-order valence-corrected chi connectivity index (χ4v) is 4.81. The molecule has 1 fully saturated rings. The third-order valence-corrected chi connectivity index (χ3v) is 6.75. The van der Waals surface area contributed by atoms with Crippen molar-refractivity contribution in [3.8, 4) is 0 Å². The van der Waals surface area contributed by atoms with E-state index in [0.717, 1.165) is 12.1 Å². The van der Waals surface area contributed by atoms with Gasteiger partial charge in [0.25, 0.3) is 0 Å². The quantitative estimate of drug-likeness (QED) is 0.793. The van der Waals surface area contributed by atoms with E-state index in [1.165, 1.54) is 22.5 Å². The number of carbonyl (C=O) groups is 1. The first-order valence-corrected chi connectivity index (χ1v) is 10.3. The van der Waals surface area contributed by atoms with Crippen molar-refractivity contribution in [3.63, 3.8) is 0 Å². The molecule has 0 spiro atoms. The average Bonchev–Trinajstić information content (AvgIpc) is 2.65. The molecule has 0 saturated carbocycles. The Kier molecular flexibility index (Phi) is 6.29. The number of piperazine rings is 1. The van der Waals surface area contributed by atoms with E-state index in [2.05, 4.69) is 5.32 Å². The summed E-state index contributed by atoms with van der Waals surface area (Å²) in [5.41, 5.74) is 0.156. The van der Waals surface area contributed by atoms with E-state index in [-0.39, 0.29) is 35.2 Å². The second-order valence-electron chi connectivity index (χ2n) is 6.29. The molecule has 1 aliphatic rings. The Hall–Kier alpha value is -2.07. The Labute approximate surface area is 166 Å². The number of nitrogens with one attached hydrogen (secondary N) is 1. The molecule has 0 aliphatic carbocycles. The summed E-state index contributed by atoms with van der Waals surface area (Å²) >= 11 is 6.00. The number of anilines is 1. The van der Waals surface area contributed by atoms with Crippen LogP contribution in [0.15, 0.2) is 47.4 Å². The predicted octanol–water partition coefficient (Wildman–Crippen LogP) is 2.56. The zero-order chi connectivity index (χ0) is 20.3. The fraction of sp³-hybridized carbons (Fsp3) is 0.278. The van der Waals surface area contributed by atoms with E-state index >= 15 is 0 Å². The van der Waals surface area contributed by atoms with Crippen molar-refractivity contribution in [2.75, 3.05) is 38.0 Å². The van der Waals surface area contributed by atoms with Crippen LogP contribution in [0.5, 0.6) is 0 Å². The average molecular weight is 430 g/mol. The maximum atomic E-state index is 13.2. The molecule has 0 unspecified atom stereocenters. The van der Waals surface area contributed by atoms with Gasteiger partial charge in [0, 0.05) is 37.9 Å². The number of carbonyl (C=O) groups excluding carboxylic acids is 1. The molecular formula is C18H18ClF2N3O3S. The Morgan fingerprint density at radius 1 is 1.04 bits per heavy atom. The van der Waals surface area contributed by atoms with Crippen LogP contribution in [0.2, 0.25) is 5.02 Å². The van der Waals surface area contributed by atoms with Crippen LogP contribution < -0.4 is 5.32 Å². The van der Waals surface area contributed by atoms with Gasteiger partial charge in [-0.25, -0.2) is 17.2 Å². The molecule has 3 rings (SSSR count). The maximum absolute atomic E-state index is 13.2. The van der Waals surface area contributed by atoms with Gasteiger partial charge in [-0.15, -0.1) is 0 Å². The summed E-state index contributed by atoms with van der Waals surface area (Å²) in [5, 5.41) is 2.66. The van der Waals surface area contributed by atoms with Crippen molar-refractivity contribution in [3.05, 3.63) is 59.1 Å². The molecule has 0 bridgehead atoms. The van der Waals surface area contributed by atoms with Gasteiger partial charge in [-0.05, 0) is 24.3 Å². The number of benzene rings is 2. The molecule has 10 heteroatoms. The van der Waals surface area contributed by atoms with Gasteiger partial charge in [-0.2, -0.15) is 4.31 Å². The zero-order valence-electron chi connectivity index (χ0n) is 14.7. The van der Waals surface area contributed by atoms with Gasteiger partial charge in [-0.3, -0.25) is 9.69 Å². The monoisotopic (exact) mass is 429 g/mol. The second-order valence-corrected chi connectivity index (χ2v) is 8.60. The minimum atomic E-state index is -3.71. The number of sulfonamides is 1. The van der Waals surface area contributed by atoms with Gasteiger partial charge in [0.05, 0.1) is 11.6 Å². The van der Waals surface area contributed by atoms with Gasteiger partial charge in [0.2, 0.25) is 15.9 Å². The number of halogens is 3. The maximum Gasteiger partial charge on any atom is 0.244 e. The summed E-state index contributed by atoms with van der Waals surface area (Å²) in [7, 11) is -3.71. The van der Waals surface area contributed by atoms with Crippen molar-refractivity contribution in [1.29, 1.82) is 0 Å². The lowest BCUT2D eigenvalue weighted by Gasteiger charge is -2.33. The SMILES string of the molecule is O=C(CN1CCN(S(=O)(=O)c2ccccc2Cl)CC1)Nc1ccc(F)c(F)c1. The fourth-order valence-electron chi connectivity index (χ4n) is 2.90. The summed E-state index contributed by atoms with van der Waals surface area (Å²) < 4.78 is 52.9. The van der Waals surface area contributed by atoms with Crippen LogP contribution in [-0.2, 0) is 14.8 Å². The van der Waals surface area contributed by atoms with Crippen molar-refractivity contribution in [2.45, 2.75) is 4.90 Å². The van der Waals surface area contributed by atoms with Crippen molar-refractivity contribution < 1.29 is 22.0 Å². The number of hydrogen-bond donors (Lipinski definition) is 1. The summed E-state index contributed by atoms with van der Waals surface area (Å²) in [5.74, 6) is -2.43. The van der Waals surface area contributed by atoms with Crippen LogP contribution >= 0.6 is 11.6 Å². The molecule has 6 nitrogen and oxygen atoms in total. The first-order valence-electron chi connectivity index (χ1n) is 8.49. The van der Waals surface area contributed by atoms with Crippen LogP contribution in [-0.4, -0.2) is 56.3 Å². The molecule has 0 radical (unpaired) electrons. The van der Waals surface area contributed by atoms with Gasteiger partial charge in [-0.1, -0.05) is 23.7 Å². The third-order valence-electron chi connectivity index (χ3n) is 4.36. The lowest BCUT2D eigenvalue weighted by molar-refractivity contribution is -0.117. The molecule has 28 heavy (non-hydrogen) atoms. The molecule has 150 valence electrons. The van der Waals surface area contributed by atoms with Crippen LogP contribution in [0.1, 0.15) is 0 Å². The van der Waals surface area contributed by atoms with Crippen molar-refractivity contribution in [1.82, 2.24) is 9.21 Å². The molecule has 1 aliphatic heterocycles. The molecule has 0 atom stereocenters. The summed E-state index contributed by atoms with van der Waals surface area (Å²) in [6, 6.07) is 9.35. The van der Waals surface area contributed by atoms with Gasteiger partial charge in [0.15, 0.2) is 11.6 Å². The molecule has 0 aromatic heterocycles. The summed E-state index contributed by atoms with van der Waals surface area (Å²) in [6.45, 7) is 1.15. The molecule has 1 saturated heterocycles. The highest BCUT2D eigenvalue weighted by atomic mass is 35.5. The normalized spacial score (nSPS) is 16.1. The number of nitrogens with zero attached hydrogens (tertiary/aromatic N) is 2. The highest BCUT2D eigenvalue weighted by Crippen LogP contribution is 2.25. The van der Waals surface area contributed by atoms with Crippen molar-refractivity contribution >= 4 is 33.2 Å². The molecular weight excluding hydrogens is 412 g/mol. The lowest BCUT2D eigenvalue weighted by Crippen LogP contribution is -2.50. The molecule has 1 heterocycles. The van der Waals surface area contributed by atoms with Crippen LogP contribution in [0.3, 0.4) is 0 Å². The minimum absolute atomic E-state index is 0.0129. The smallest absolute Gasteiger partial charge is 0.244 e. The number of rotatable bonds is 5. The van der Waals surface area contributed by atoms with E-state index in [1.807, 2.05) is 0 Å². The summed E-state index contributed by atoms with van der Waals surface area (Å²) in [6.07, 6.45) is 0. The molecule has 2 aromatic rings. The van der Waals surface area contributed by atoms with Crippen LogP contribution in [0.25, 0.3) is 0 Å². The number of amides is 1. The first-order chi connectivity index (χ1) is 13.3. The molecule has 2 aromatic carbocycles. The summed E-state index contributed by atoms with van der Waals surface area (Å²) in [4.78, 5) is 13.9. The van der Waals surface area contributed by atoms with E-state index < -0.39 is 27.6 Å². The minimum Gasteiger partial charge on any atom is -0.325 e. The van der Waals surface area contributed by atoms with E-state index in [0.29, 0.717) is 13.1 Å².